The van der Waals surface area contributed by atoms with E-state index < -0.39 is 27.3 Å². The quantitative estimate of drug-likeness (QED) is 0.232. The molecule has 2 saturated heterocycles. The molecule has 15 heteroatoms. The normalized spacial score (nSPS) is 21.6. The summed E-state index contributed by atoms with van der Waals surface area (Å²) < 4.78 is 65.6. The number of likely N-dealkylation sites (tertiary alicyclic amines) is 1. The predicted octanol–water partition coefficient (Wildman–Crippen LogP) is 4.92. The summed E-state index contributed by atoms with van der Waals surface area (Å²) in [5.74, 6) is 0.392. The van der Waals surface area contributed by atoms with E-state index in [1.807, 2.05) is 24.1 Å². The lowest BCUT2D eigenvalue weighted by atomic mass is 9.64. The molecule has 1 aliphatic carbocycles. The van der Waals surface area contributed by atoms with E-state index in [9.17, 15) is 13.2 Å². The molecule has 0 bridgehead atoms. The first kappa shape index (κ1) is 40.3. The van der Waals surface area contributed by atoms with Crippen LogP contribution in [0.3, 0.4) is 0 Å². The monoisotopic (exact) mass is 780 g/mol. The van der Waals surface area contributed by atoms with Crippen molar-refractivity contribution in [2.45, 2.75) is 62.0 Å². The summed E-state index contributed by atoms with van der Waals surface area (Å²) in [6.07, 6.45) is 9.77. The summed E-state index contributed by atoms with van der Waals surface area (Å²) in [5.41, 5.74) is 6.34. The lowest BCUT2D eigenvalue weighted by molar-refractivity contribution is 0.0457. The van der Waals surface area contributed by atoms with Crippen LogP contribution >= 0.6 is 0 Å². The molecular formula is C40H54F2N8O4S. The number of hydrogen-bond acceptors (Lipinski definition) is 10. The fourth-order valence-corrected chi connectivity index (χ4v) is 10.9. The number of piperidine rings is 1. The molecule has 3 N–H and O–H groups in total. The summed E-state index contributed by atoms with van der Waals surface area (Å²) in [7, 11) is 2.26. The van der Waals surface area contributed by atoms with Gasteiger partial charge in [0.05, 0.1) is 23.2 Å². The third-order valence-corrected chi connectivity index (χ3v) is 13.6. The highest BCUT2D eigenvalue weighted by atomic mass is 32.2. The number of allylic oxidation sites excluding steroid dienone is 1. The summed E-state index contributed by atoms with van der Waals surface area (Å²) in [6.45, 7) is 5.88. The number of amides is 1. The second kappa shape index (κ2) is 16.8. The number of sulfone groups is 1. The third kappa shape index (κ3) is 7.88. The van der Waals surface area contributed by atoms with Crippen molar-refractivity contribution in [1.82, 2.24) is 24.7 Å². The molecule has 0 spiro atoms. The van der Waals surface area contributed by atoms with Crippen LogP contribution < -0.4 is 16.0 Å². The lowest BCUT2D eigenvalue weighted by Gasteiger charge is -2.52. The Labute approximate surface area is 323 Å². The van der Waals surface area contributed by atoms with Crippen LogP contribution in [-0.4, -0.2) is 107 Å². The Morgan fingerprint density at radius 1 is 1.15 bits per heavy atom. The minimum absolute atomic E-state index is 0.0237. The minimum Gasteiger partial charge on any atom is -0.453 e. The van der Waals surface area contributed by atoms with Gasteiger partial charge in [0.25, 0.3) is 0 Å². The maximum atomic E-state index is 16.3. The van der Waals surface area contributed by atoms with Crippen LogP contribution in [0.25, 0.3) is 0 Å². The number of carbonyl (C=O) groups excluding carboxylic acids is 1. The van der Waals surface area contributed by atoms with Crippen LogP contribution in [0.5, 0.6) is 0 Å². The number of nitrogens with one attached hydrogen (secondary N) is 1. The number of aromatic nitrogens is 2. The highest BCUT2D eigenvalue weighted by Gasteiger charge is 2.54. The van der Waals surface area contributed by atoms with Gasteiger partial charge in [-0.3, -0.25) is 4.99 Å². The van der Waals surface area contributed by atoms with Gasteiger partial charge in [-0.25, -0.2) is 27.0 Å². The lowest BCUT2D eigenvalue weighted by Crippen LogP contribution is -2.58. The fraction of sp³-hybridized carbons (Fsp3) is 0.525. The Balaban J connectivity index is 1.20. The van der Waals surface area contributed by atoms with E-state index in [0.717, 1.165) is 75.5 Å². The van der Waals surface area contributed by atoms with E-state index in [1.54, 1.807) is 43.4 Å². The molecule has 1 unspecified atom stereocenters. The molecule has 0 radical (unpaired) electrons. The molecule has 3 heterocycles. The molecule has 1 amide bonds. The average Bonchev–Trinajstić information content (AvgIpc) is 3.79. The number of halogens is 2. The standard InChI is InChI=1S/C40H54F2N8O4S/c1-27-45-16-19-50(27)40(30-8-6-9-31(41)20-30,34-10-7-11-35(34)46-39(51)54-5)29-14-17-48(18-15-29)23-28-24-49(25-28)36-12-13-37(33(38(36)42)26-47(3)4)55(52,53)32(21-43)22-44-2/h6,8-9,12-13,16,19-22,28-29,34-35H,7,10-11,14-15,17-18,23-26,43H2,1-5H3,(H,46,51)/t34-,35-,40?/m0/s1. The number of aryl methyl sites for hydroxylation is 1. The van der Waals surface area contributed by atoms with Crippen LogP contribution in [0.1, 0.15) is 49.1 Å². The molecular weight excluding hydrogens is 727 g/mol. The van der Waals surface area contributed by atoms with Crippen molar-refractivity contribution in [2.75, 3.05) is 65.9 Å². The zero-order valence-electron chi connectivity index (χ0n) is 32.4. The fourth-order valence-electron chi connectivity index (χ4n) is 9.45. The van der Waals surface area contributed by atoms with Gasteiger partial charge in [0.1, 0.15) is 16.5 Å². The van der Waals surface area contributed by atoms with Crippen LogP contribution in [0, 0.1) is 36.3 Å². The molecule has 1 aromatic heterocycles. The molecule has 3 fully saturated rings. The number of imidazole rings is 1. The number of alkyl carbamates (subject to hydrolysis) is 1. The van der Waals surface area contributed by atoms with Crippen molar-refractivity contribution >= 4 is 27.8 Å². The van der Waals surface area contributed by atoms with E-state index in [4.69, 9.17) is 10.5 Å². The zero-order chi connectivity index (χ0) is 39.5. The van der Waals surface area contributed by atoms with Crippen LogP contribution in [0.4, 0.5) is 19.3 Å². The molecule has 298 valence electrons. The van der Waals surface area contributed by atoms with Crippen molar-refractivity contribution < 1.29 is 26.7 Å². The van der Waals surface area contributed by atoms with Crippen molar-refractivity contribution in [3.05, 3.63) is 88.5 Å². The smallest absolute Gasteiger partial charge is 0.407 e. The largest absolute Gasteiger partial charge is 0.453 e. The van der Waals surface area contributed by atoms with Crippen molar-refractivity contribution in [3.63, 3.8) is 0 Å². The summed E-state index contributed by atoms with van der Waals surface area (Å²) >= 11 is 0. The molecule has 2 aromatic carbocycles. The first-order valence-corrected chi connectivity index (χ1v) is 20.5. The zero-order valence-corrected chi connectivity index (χ0v) is 33.2. The number of carbonyl (C=O) groups is 1. The van der Waals surface area contributed by atoms with Gasteiger partial charge in [0.2, 0.25) is 9.84 Å². The highest BCUT2D eigenvalue weighted by molar-refractivity contribution is 7.96. The van der Waals surface area contributed by atoms with Gasteiger partial charge < -0.3 is 35.1 Å². The Morgan fingerprint density at radius 2 is 1.89 bits per heavy atom. The van der Waals surface area contributed by atoms with Crippen molar-refractivity contribution in [2.24, 2.45) is 28.5 Å². The Morgan fingerprint density at radius 3 is 2.51 bits per heavy atom. The average molecular weight is 781 g/mol. The van der Waals surface area contributed by atoms with Crippen LogP contribution in [-0.2, 0) is 26.7 Å². The Hall–Kier alpha value is -4.34. The number of ether oxygens (including phenoxy) is 1. The topological polar surface area (TPSA) is 138 Å². The maximum Gasteiger partial charge on any atom is 0.407 e. The van der Waals surface area contributed by atoms with Crippen LogP contribution in [0.2, 0.25) is 0 Å². The molecule has 1 saturated carbocycles. The number of anilines is 1. The van der Waals surface area contributed by atoms with E-state index in [0.29, 0.717) is 24.7 Å². The number of nitrogens with zero attached hydrogens (tertiary/aromatic N) is 6. The number of aliphatic imine (C=N–C) groups is 1. The van der Waals surface area contributed by atoms with Gasteiger partial charge in [0, 0.05) is 81.5 Å². The molecule has 3 aliphatic rings. The number of nitrogens with two attached hydrogens (primary N) is 1. The number of rotatable bonds is 13. The van der Waals surface area contributed by atoms with E-state index >= 15 is 8.78 Å². The molecule has 6 rings (SSSR count). The van der Waals surface area contributed by atoms with Gasteiger partial charge in [-0.05, 0) is 95.5 Å². The minimum atomic E-state index is -4.09. The number of benzene rings is 2. The van der Waals surface area contributed by atoms with Gasteiger partial charge in [0.15, 0.2) is 5.82 Å². The SMILES string of the molecule is CN=CC(=CN)S(=O)(=O)c1ccc(N2CC(CN3CCC(C(c4cccc(F)c4)([C@H]4CCC[C@@H]4NC(=O)OC)n4ccnc4C)CC3)C2)c(F)c1CN(C)C. The molecule has 3 aromatic rings. The summed E-state index contributed by atoms with van der Waals surface area (Å²) in [4.78, 5) is 26.9. The summed E-state index contributed by atoms with van der Waals surface area (Å²) in [5, 5.41) is 3.12. The van der Waals surface area contributed by atoms with E-state index in [2.05, 4.69) is 24.8 Å². The van der Waals surface area contributed by atoms with Gasteiger partial charge >= 0.3 is 6.09 Å². The van der Waals surface area contributed by atoms with Crippen LogP contribution in [0.15, 0.2) is 69.8 Å². The number of hydrogen-bond donors (Lipinski definition) is 2. The number of methoxy groups -OCH3 is 1. The molecule has 2 aliphatic heterocycles. The predicted molar refractivity (Wildman–Crippen MR) is 210 cm³/mol. The van der Waals surface area contributed by atoms with Gasteiger partial charge in [-0.15, -0.1) is 0 Å². The highest BCUT2D eigenvalue weighted by Crippen LogP contribution is 2.52. The Kier molecular flexibility index (Phi) is 12.3. The molecule has 3 atom stereocenters. The first-order valence-electron chi connectivity index (χ1n) is 19.0. The molecule has 12 nitrogen and oxygen atoms in total. The molecule has 55 heavy (non-hydrogen) atoms. The van der Waals surface area contributed by atoms with Gasteiger partial charge in [-0.1, -0.05) is 18.6 Å². The second-order valence-corrected chi connectivity index (χ2v) is 17.3. The van der Waals surface area contributed by atoms with E-state index in [1.165, 1.54) is 26.3 Å². The Bertz CT molecular complexity index is 2010. The third-order valence-electron chi connectivity index (χ3n) is 11.8. The van der Waals surface area contributed by atoms with Crippen molar-refractivity contribution in [1.29, 1.82) is 0 Å². The second-order valence-electron chi connectivity index (χ2n) is 15.4. The maximum absolute atomic E-state index is 16.3. The summed E-state index contributed by atoms with van der Waals surface area (Å²) in [6, 6.07) is 9.78. The van der Waals surface area contributed by atoms with E-state index in [-0.39, 0.29) is 45.6 Å². The van der Waals surface area contributed by atoms with Crippen molar-refractivity contribution in [3.8, 4) is 0 Å². The van der Waals surface area contributed by atoms with Gasteiger partial charge in [-0.2, -0.15) is 0 Å². The first-order chi connectivity index (χ1) is 26.3.